The average molecular weight is 263 g/mol. The maximum atomic E-state index is 3.37. The molecule has 108 valence electrons. The molecule has 1 aromatic carbocycles. The topological polar surface area (TPSA) is 27.3 Å². The molecule has 0 saturated carbocycles. The van der Waals surface area contributed by atoms with Crippen LogP contribution in [-0.2, 0) is 6.42 Å². The van der Waals surface area contributed by atoms with Crippen LogP contribution in [0, 0.1) is 0 Å². The van der Waals surface area contributed by atoms with Gasteiger partial charge in [-0.3, -0.25) is 10.9 Å². The van der Waals surface area contributed by atoms with Crippen molar-refractivity contribution in [1.29, 1.82) is 0 Å². The van der Waals surface area contributed by atoms with Crippen LogP contribution in [0.5, 0.6) is 0 Å². The Balaban J connectivity index is 2.06. The van der Waals surface area contributed by atoms with Gasteiger partial charge in [-0.05, 0) is 45.0 Å². The Morgan fingerprint density at radius 2 is 1.79 bits per heavy atom. The molecule has 0 unspecified atom stereocenters. The van der Waals surface area contributed by atoms with Gasteiger partial charge in [0.15, 0.2) is 0 Å². The highest BCUT2D eigenvalue weighted by Crippen LogP contribution is 2.01. The van der Waals surface area contributed by atoms with Crippen LogP contribution in [0.2, 0.25) is 0 Å². The van der Waals surface area contributed by atoms with Crippen molar-refractivity contribution in [3.05, 3.63) is 35.9 Å². The van der Waals surface area contributed by atoms with E-state index in [1.165, 1.54) is 18.5 Å². The number of hydrazine groups is 1. The Kier molecular flexibility index (Phi) is 8.47. The van der Waals surface area contributed by atoms with Crippen LogP contribution < -0.4 is 10.9 Å². The fourth-order valence-corrected chi connectivity index (χ4v) is 2.20. The fourth-order valence-electron chi connectivity index (χ4n) is 2.20. The van der Waals surface area contributed by atoms with Crippen LogP contribution in [-0.4, -0.2) is 37.1 Å². The summed E-state index contributed by atoms with van der Waals surface area (Å²) >= 11 is 0. The predicted molar refractivity (Wildman–Crippen MR) is 83.2 cm³/mol. The molecule has 0 aliphatic carbocycles. The largest absolute Gasteiger partial charge is 0.304 e. The van der Waals surface area contributed by atoms with Crippen molar-refractivity contribution >= 4 is 0 Å². The predicted octanol–water partition coefficient (Wildman–Crippen LogP) is 2.44. The van der Waals surface area contributed by atoms with E-state index in [0.29, 0.717) is 6.04 Å². The van der Waals surface area contributed by atoms with Gasteiger partial charge in [-0.25, -0.2) is 0 Å². The first kappa shape index (κ1) is 16.2. The van der Waals surface area contributed by atoms with Gasteiger partial charge in [0, 0.05) is 12.6 Å². The number of hydrogen-bond donors (Lipinski definition) is 2. The Hall–Kier alpha value is -0.900. The van der Waals surface area contributed by atoms with Gasteiger partial charge in [-0.2, -0.15) is 0 Å². The highest BCUT2D eigenvalue weighted by Gasteiger charge is 2.02. The molecule has 0 aliphatic rings. The van der Waals surface area contributed by atoms with Gasteiger partial charge in [0.1, 0.15) is 0 Å². The van der Waals surface area contributed by atoms with Crippen molar-refractivity contribution in [2.45, 2.75) is 39.7 Å². The van der Waals surface area contributed by atoms with E-state index in [9.17, 15) is 0 Å². The van der Waals surface area contributed by atoms with E-state index < -0.39 is 0 Å². The Bertz CT molecular complexity index is 309. The first-order valence-electron chi connectivity index (χ1n) is 7.50. The third-order valence-corrected chi connectivity index (χ3v) is 3.40. The van der Waals surface area contributed by atoms with Gasteiger partial charge < -0.3 is 4.90 Å². The summed E-state index contributed by atoms with van der Waals surface area (Å²) in [6, 6.07) is 11.1. The first-order chi connectivity index (χ1) is 9.26. The van der Waals surface area contributed by atoms with E-state index in [0.717, 1.165) is 26.1 Å². The van der Waals surface area contributed by atoms with Gasteiger partial charge in [-0.15, -0.1) is 0 Å². The molecule has 0 fully saturated rings. The van der Waals surface area contributed by atoms with E-state index in [-0.39, 0.29) is 0 Å². The summed E-state index contributed by atoms with van der Waals surface area (Å²) in [6.45, 7) is 11.1. The zero-order valence-corrected chi connectivity index (χ0v) is 12.7. The quantitative estimate of drug-likeness (QED) is 0.501. The molecule has 1 rings (SSSR count). The van der Waals surface area contributed by atoms with Crippen molar-refractivity contribution in [3.8, 4) is 0 Å². The Labute approximate surface area is 118 Å². The molecule has 3 nitrogen and oxygen atoms in total. The summed E-state index contributed by atoms with van der Waals surface area (Å²) < 4.78 is 0. The minimum atomic E-state index is 0.454. The van der Waals surface area contributed by atoms with Crippen LogP contribution in [0.15, 0.2) is 30.3 Å². The molecular formula is C16H29N3. The number of rotatable bonds is 10. The number of nitrogens with zero attached hydrogens (tertiary/aromatic N) is 1. The summed E-state index contributed by atoms with van der Waals surface area (Å²) in [4.78, 5) is 2.45. The van der Waals surface area contributed by atoms with Crippen LogP contribution in [0.4, 0.5) is 0 Å². The number of nitrogens with one attached hydrogen (secondary N) is 2. The molecule has 1 aromatic rings. The van der Waals surface area contributed by atoms with Crippen LogP contribution >= 0.6 is 0 Å². The molecule has 0 saturated heterocycles. The summed E-state index contributed by atoms with van der Waals surface area (Å²) in [5, 5.41) is 0. The normalized spacial score (nSPS) is 12.8. The maximum absolute atomic E-state index is 3.37. The molecule has 19 heavy (non-hydrogen) atoms. The molecule has 0 heterocycles. The zero-order chi connectivity index (χ0) is 13.9. The van der Waals surface area contributed by atoms with E-state index in [2.05, 4.69) is 66.9 Å². The van der Waals surface area contributed by atoms with Crippen LogP contribution in [0.3, 0.4) is 0 Å². The monoisotopic (exact) mass is 263 g/mol. The second kappa shape index (κ2) is 9.96. The number of benzene rings is 1. The molecule has 0 aromatic heterocycles. The maximum Gasteiger partial charge on any atom is 0.0225 e. The molecule has 0 aliphatic heterocycles. The van der Waals surface area contributed by atoms with Gasteiger partial charge in [0.2, 0.25) is 0 Å². The molecule has 1 atom stereocenters. The van der Waals surface area contributed by atoms with Crippen LogP contribution in [0.25, 0.3) is 0 Å². The Morgan fingerprint density at radius 1 is 1.11 bits per heavy atom. The van der Waals surface area contributed by atoms with Crippen molar-refractivity contribution < 1.29 is 0 Å². The van der Waals surface area contributed by atoms with Crippen LogP contribution in [0.1, 0.15) is 32.8 Å². The third kappa shape index (κ3) is 7.31. The molecule has 3 heteroatoms. The highest BCUT2D eigenvalue weighted by atomic mass is 15.4. The van der Waals surface area contributed by atoms with E-state index in [1.807, 2.05) is 0 Å². The zero-order valence-electron chi connectivity index (χ0n) is 12.7. The molecular weight excluding hydrogens is 234 g/mol. The van der Waals surface area contributed by atoms with E-state index in [4.69, 9.17) is 0 Å². The van der Waals surface area contributed by atoms with Gasteiger partial charge in [-0.1, -0.05) is 44.2 Å². The van der Waals surface area contributed by atoms with E-state index >= 15 is 0 Å². The lowest BCUT2D eigenvalue weighted by atomic mass is 10.1. The van der Waals surface area contributed by atoms with E-state index in [1.54, 1.807) is 0 Å². The average Bonchev–Trinajstić information content (AvgIpc) is 2.44. The molecule has 2 N–H and O–H groups in total. The van der Waals surface area contributed by atoms with Gasteiger partial charge in [0.05, 0.1) is 0 Å². The second-order valence-electron chi connectivity index (χ2n) is 5.04. The van der Waals surface area contributed by atoms with Crippen molar-refractivity contribution in [3.63, 3.8) is 0 Å². The Morgan fingerprint density at radius 3 is 2.42 bits per heavy atom. The second-order valence-corrected chi connectivity index (χ2v) is 5.04. The summed E-state index contributed by atoms with van der Waals surface area (Å²) in [5.74, 6) is 0. The van der Waals surface area contributed by atoms with Gasteiger partial charge in [0.25, 0.3) is 0 Å². The van der Waals surface area contributed by atoms with Gasteiger partial charge >= 0.3 is 0 Å². The molecule has 0 spiro atoms. The fraction of sp³-hybridized carbons (Fsp3) is 0.625. The van der Waals surface area contributed by atoms with Crippen molar-refractivity contribution in [2.75, 3.05) is 26.2 Å². The summed E-state index contributed by atoms with van der Waals surface area (Å²) in [5.41, 5.74) is 8.09. The third-order valence-electron chi connectivity index (χ3n) is 3.40. The number of hydrogen-bond acceptors (Lipinski definition) is 3. The molecule has 0 amide bonds. The summed E-state index contributed by atoms with van der Waals surface area (Å²) in [6.07, 6.45) is 2.25. The van der Waals surface area contributed by atoms with Crippen molar-refractivity contribution in [2.24, 2.45) is 0 Å². The smallest absolute Gasteiger partial charge is 0.0225 e. The molecule has 0 bridgehead atoms. The minimum absolute atomic E-state index is 0.454. The highest BCUT2D eigenvalue weighted by molar-refractivity contribution is 5.15. The lowest BCUT2D eigenvalue weighted by Crippen LogP contribution is -2.41. The first-order valence-corrected chi connectivity index (χ1v) is 7.50. The summed E-state index contributed by atoms with van der Waals surface area (Å²) in [7, 11) is 0. The van der Waals surface area contributed by atoms with Crippen molar-refractivity contribution in [1.82, 2.24) is 15.8 Å². The SMILES string of the molecule is CCN(CC)CCCNN[C@H](C)Cc1ccccc1. The lowest BCUT2D eigenvalue weighted by molar-refractivity contribution is 0.293. The minimum Gasteiger partial charge on any atom is -0.304 e. The molecule has 0 radical (unpaired) electrons. The standard InChI is InChI=1S/C16H29N3/c1-4-19(5-2)13-9-12-17-18-15(3)14-16-10-7-6-8-11-16/h6-8,10-11,15,17-18H,4-5,9,12-14H2,1-3H3/t15-/m1/s1. The lowest BCUT2D eigenvalue weighted by Gasteiger charge is -2.19.